The van der Waals surface area contributed by atoms with Crippen LogP contribution in [0.5, 0.6) is 5.75 Å². The van der Waals surface area contributed by atoms with Gasteiger partial charge < -0.3 is 15.0 Å². The molecular formula is C43H64N2O3. The SMILES string of the molecule is C=C(C)[C@@H]1CC[C@]2(C(=O)NCCN(CC)CC)CC[C@]3(C)[C@H](CC[C@@H]4[C@@]5(C)CC=C(c6ccc(OC=O)cc6)C(C)(C)[C@@H]5CC[C@]43C)[C@@H]12. The van der Waals surface area contributed by atoms with E-state index in [9.17, 15) is 9.59 Å². The van der Waals surface area contributed by atoms with Crippen molar-refractivity contribution in [3.63, 3.8) is 0 Å². The third-order valence-electron chi connectivity index (χ3n) is 16.1. The lowest BCUT2D eigenvalue weighted by molar-refractivity contribution is -0.225. The van der Waals surface area contributed by atoms with Gasteiger partial charge in [0.05, 0.1) is 5.41 Å². The molecular weight excluding hydrogens is 592 g/mol. The second-order valence-electron chi connectivity index (χ2n) is 17.9. The number of hydrogen-bond acceptors (Lipinski definition) is 4. The fourth-order valence-corrected chi connectivity index (χ4v) is 13.4. The molecule has 48 heavy (non-hydrogen) atoms. The Bertz CT molecular complexity index is 1430. The number of benzene rings is 1. The Morgan fingerprint density at radius 1 is 0.938 bits per heavy atom. The van der Waals surface area contributed by atoms with Crippen LogP contribution in [-0.2, 0) is 9.59 Å². The maximum atomic E-state index is 14.4. The standard InChI is InChI=1S/C43H64N2O3/c1-10-45(11-2)27-26-44-38(47)43-23-18-32(29(3)4)37(43)34-16-17-36-40(7)21-19-33(30-12-14-31(15-13-30)48-28-46)39(5,6)35(40)20-22-42(36,9)41(34,8)24-25-43/h12-15,19,28,32,34-37H,3,10-11,16-18,20-27H2,1-2,4-9H3,(H,44,47)/t32-,34+,35-,36+,37+,40-,41+,42+,43-/m0/s1. The maximum Gasteiger partial charge on any atom is 0.298 e. The molecule has 0 aliphatic heterocycles. The zero-order chi connectivity index (χ0) is 34.7. The zero-order valence-electron chi connectivity index (χ0n) is 31.4. The van der Waals surface area contributed by atoms with Gasteiger partial charge in [0.2, 0.25) is 5.91 Å². The van der Waals surface area contributed by atoms with Crippen molar-refractivity contribution in [1.29, 1.82) is 0 Å². The number of hydrogen-bond donors (Lipinski definition) is 1. The van der Waals surface area contributed by atoms with Gasteiger partial charge in [-0.3, -0.25) is 9.59 Å². The van der Waals surface area contributed by atoms with E-state index in [0.717, 1.165) is 58.3 Å². The number of fused-ring (bicyclic) bond motifs is 7. The number of allylic oxidation sites excluding steroid dienone is 3. The molecule has 5 aliphatic rings. The maximum absolute atomic E-state index is 14.4. The topological polar surface area (TPSA) is 58.6 Å². The third kappa shape index (κ3) is 5.18. The Kier molecular flexibility index (Phi) is 9.40. The van der Waals surface area contributed by atoms with Gasteiger partial charge in [0.1, 0.15) is 5.75 Å². The molecule has 0 bridgehead atoms. The molecule has 4 saturated carbocycles. The van der Waals surface area contributed by atoms with Crippen molar-refractivity contribution in [2.45, 2.75) is 113 Å². The lowest BCUT2D eigenvalue weighted by Crippen LogP contribution is -2.66. The minimum absolute atomic E-state index is 0.0422. The fraction of sp³-hybridized carbons (Fsp3) is 0.721. The van der Waals surface area contributed by atoms with Crippen molar-refractivity contribution in [2.75, 3.05) is 26.2 Å². The molecule has 0 radical (unpaired) electrons. The Labute approximate surface area is 291 Å². The molecule has 1 aromatic carbocycles. The van der Waals surface area contributed by atoms with Crippen molar-refractivity contribution in [3.05, 3.63) is 48.1 Å². The van der Waals surface area contributed by atoms with Crippen LogP contribution in [0, 0.1) is 56.7 Å². The van der Waals surface area contributed by atoms with Crippen molar-refractivity contribution < 1.29 is 14.3 Å². The van der Waals surface area contributed by atoms with Crippen molar-refractivity contribution in [3.8, 4) is 5.75 Å². The molecule has 0 unspecified atom stereocenters. The average molecular weight is 657 g/mol. The predicted octanol–water partition coefficient (Wildman–Crippen LogP) is 9.33. The zero-order valence-corrected chi connectivity index (χ0v) is 31.4. The van der Waals surface area contributed by atoms with Crippen molar-refractivity contribution in [2.24, 2.45) is 56.7 Å². The monoisotopic (exact) mass is 656 g/mol. The van der Waals surface area contributed by atoms with Gasteiger partial charge in [-0.1, -0.05) is 78.8 Å². The van der Waals surface area contributed by atoms with Crippen LogP contribution in [0.4, 0.5) is 0 Å². The number of ether oxygens (including phenoxy) is 1. The number of rotatable bonds is 10. The average Bonchev–Trinajstić information content (AvgIpc) is 3.45. The van der Waals surface area contributed by atoms with Gasteiger partial charge in [-0.25, -0.2) is 0 Å². The first-order valence-corrected chi connectivity index (χ1v) is 19.3. The Morgan fingerprint density at radius 3 is 2.29 bits per heavy atom. The van der Waals surface area contributed by atoms with Crippen LogP contribution in [0.3, 0.4) is 0 Å². The van der Waals surface area contributed by atoms with Crippen LogP contribution in [0.1, 0.15) is 119 Å². The highest BCUT2D eigenvalue weighted by Crippen LogP contribution is 2.77. The summed E-state index contributed by atoms with van der Waals surface area (Å²) in [5.41, 5.74) is 4.45. The normalized spacial score (nSPS) is 39.7. The molecule has 5 aliphatic carbocycles. The van der Waals surface area contributed by atoms with Gasteiger partial charge in [-0.15, -0.1) is 0 Å². The van der Waals surface area contributed by atoms with Gasteiger partial charge in [0.25, 0.3) is 6.47 Å². The van der Waals surface area contributed by atoms with Gasteiger partial charge in [-0.2, -0.15) is 0 Å². The Morgan fingerprint density at radius 2 is 1.65 bits per heavy atom. The first-order chi connectivity index (χ1) is 22.7. The summed E-state index contributed by atoms with van der Waals surface area (Å²) in [4.78, 5) is 27.7. The molecule has 1 aromatic rings. The van der Waals surface area contributed by atoms with E-state index in [4.69, 9.17) is 4.74 Å². The Hall–Kier alpha value is -2.40. The van der Waals surface area contributed by atoms with E-state index in [1.54, 1.807) is 0 Å². The molecule has 4 fully saturated rings. The predicted molar refractivity (Wildman–Crippen MR) is 196 cm³/mol. The Balaban J connectivity index is 1.30. The highest BCUT2D eigenvalue weighted by Gasteiger charge is 2.71. The van der Waals surface area contributed by atoms with Gasteiger partial charge >= 0.3 is 0 Å². The summed E-state index contributed by atoms with van der Waals surface area (Å²) in [6, 6.07) is 8.10. The van der Waals surface area contributed by atoms with Crippen LogP contribution in [-0.4, -0.2) is 43.5 Å². The van der Waals surface area contributed by atoms with E-state index in [-0.39, 0.29) is 27.1 Å². The quantitative estimate of drug-likeness (QED) is 0.201. The molecule has 0 spiro atoms. The molecule has 1 amide bonds. The fourth-order valence-electron chi connectivity index (χ4n) is 13.4. The van der Waals surface area contributed by atoms with Crippen molar-refractivity contribution >= 4 is 18.0 Å². The van der Waals surface area contributed by atoms with E-state index in [0.29, 0.717) is 47.7 Å². The van der Waals surface area contributed by atoms with Crippen molar-refractivity contribution in [1.82, 2.24) is 10.2 Å². The summed E-state index contributed by atoms with van der Waals surface area (Å²) in [5.74, 6) is 3.58. The number of carbonyl (C=O) groups is 2. The summed E-state index contributed by atoms with van der Waals surface area (Å²) in [6.45, 7) is 28.4. The van der Waals surface area contributed by atoms with Crippen LogP contribution in [0.2, 0.25) is 0 Å². The summed E-state index contributed by atoms with van der Waals surface area (Å²) in [7, 11) is 0. The molecule has 1 N–H and O–H groups in total. The number of likely N-dealkylation sites (N-methyl/N-ethyl adjacent to an activating group) is 1. The van der Waals surface area contributed by atoms with Crippen LogP contribution in [0.25, 0.3) is 5.57 Å². The lowest BCUT2D eigenvalue weighted by Gasteiger charge is -2.72. The molecule has 0 aromatic heterocycles. The van der Waals surface area contributed by atoms with Crippen LogP contribution in [0.15, 0.2) is 42.5 Å². The van der Waals surface area contributed by atoms with Gasteiger partial charge in [0.15, 0.2) is 0 Å². The van der Waals surface area contributed by atoms with Crippen LogP contribution >= 0.6 is 0 Å². The van der Waals surface area contributed by atoms with E-state index >= 15 is 0 Å². The summed E-state index contributed by atoms with van der Waals surface area (Å²) >= 11 is 0. The summed E-state index contributed by atoms with van der Waals surface area (Å²) in [6.07, 6.45) is 13.0. The lowest BCUT2D eigenvalue weighted by atomic mass is 9.32. The first-order valence-electron chi connectivity index (χ1n) is 19.3. The van der Waals surface area contributed by atoms with Crippen LogP contribution < -0.4 is 10.1 Å². The van der Waals surface area contributed by atoms with Gasteiger partial charge in [0, 0.05) is 13.1 Å². The first kappa shape index (κ1) is 35.4. The molecule has 5 heteroatoms. The second-order valence-corrected chi connectivity index (χ2v) is 17.9. The van der Waals surface area contributed by atoms with E-state index in [1.807, 2.05) is 12.1 Å². The number of amides is 1. The smallest absolute Gasteiger partial charge is 0.298 e. The summed E-state index contributed by atoms with van der Waals surface area (Å²) < 4.78 is 5.10. The molecule has 0 saturated heterocycles. The van der Waals surface area contributed by atoms with E-state index in [2.05, 4.69) is 90.4 Å². The minimum Gasteiger partial charge on any atom is -0.429 e. The number of nitrogens with zero attached hydrogens (tertiary/aromatic N) is 1. The highest BCUT2D eigenvalue weighted by molar-refractivity contribution is 5.84. The minimum atomic E-state index is -0.252. The molecule has 9 atom stereocenters. The van der Waals surface area contributed by atoms with E-state index < -0.39 is 0 Å². The number of nitrogens with one attached hydrogen (secondary N) is 1. The molecule has 0 heterocycles. The molecule has 264 valence electrons. The van der Waals surface area contributed by atoms with E-state index in [1.165, 1.54) is 42.4 Å². The molecule has 6 rings (SSSR count). The number of carbonyl (C=O) groups excluding carboxylic acids is 2. The largest absolute Gasteiger partial charge is 0.429 e. The summed E-state index contributed by atoms with van der Waals surface area (Å²) in [5, 5.41) is 3.49. The van der Waals surface area contributed by atoms with Gasteiger partial charge in [-0.05, 0) is 152 Å². The molecule has 5 nitrogen and oxygen atoms in total. The third-order valence-corrected chi connectivity index (χ3v) is 16.1. The highest BCUT2D eigenvalue weighted by atomic mass is 16.5. The second kappa shape index (κ2) is 12.7.